The highest BCUT2D eigenvalue weighted by molar-refractivity contribution is 5.94. The van der Waals surface area contributed by atoms with Gasteiger partial charge in [-0.3, -0.25) is 28.8 Å². The van der Waals surface area contributed by atoms with E-state index in [-0.39, 0.29) is 36.3 Å². The molecule has 1 unspecified atom stereocenters. The molecule has 2 heterocycles. The summed E-state index contributed by atoms with van der Waals surface area (Å²) in [5, 5.41) is 17.6. The fourth-order valence-electron chi connectivity index (χ4n) is 9.21. The number of rotatable bonds is 17. The maximum Gasteiger partial charge on any atom is 0.273 e. The van der Waals surface area contributed by atoms with Crippen LogP contribution in [0, 0.1) is 11.8 Å². The minimum Gasteiger partial charge on any atom is -0.480 e. The first-order chi connectivity index (χ1) is 31.3. The van der Waals surface area contributed by atoms with Crippen molar-refractivity contribution in [3.05, 3.63) is 83.1 Å². The number of likely N-dealkylation sites (N-methyl/N-ethyl adjacent to an activating group) is 2. The Morgan fingerprint density at radius 1 is 0.692 bits per heavy atom. The Kier molecular flexibility index (Phi) is 17.2. The number of carbonyl (C=O) groups excluding carboxylic acids is 6. The molecule has 65 heavy (non-hydrogen) atoms. The molecule has 6 N–H and O–H groups in total. The minimum absolute atomic E-state index is 0.0437. The lowest BCUT2D eigenvalue weighted by Crippen LogP contribution is -2.59. The number of nitrogens with zero attached hydrogens (tertiary/aromatic N) is 2. The maximum absolute atomic E-state index is 14.3. The molecule has 2 aliphatic carbocycles. The molecule has 9 atom stereocenters. The van der Waals surface area contributed by atoms with Gasteiger partial charge in [0, 0.05) is 13.1 Å². The maximum atomic E-state index is 14.3. The van der Waals surface area contributed by atoms with Crippen molar-refractivity contribution in [1.82, 2.24) is 41.7 Å². The summed E-state index contributed by atoms with van der Waals surface area (Å²) >= 11 is 0. The van der Waals surface area contributed by atoms with Gasteiger partial charge in [0.1, 0.15) is 30.8 Å². The van der Waals surface area contributed by atoms with E-state index < -0.39 is 66.2 Å². The molecular formula is C49H66N8O8. The van der Waals surface area contributed by atoms with Gasteiger partial charge in [0.25, 0.3) is 5.91 Å². The van der Waals surface area contributed by atoms with Crippen LogP contribution in [0.5, 0.6) is 0 Å². The van der Waals surface area contributed by atoms with Crippen molar-refractivity contribution >= 4 is 35.4 Å². The molecule has 0 aromatic heterocycles. The van der Waals surface area contributed by atoms with E-state index in [1.54, 1.807) is 34.9 Å². The lowest BCUT2D eigenvalue weighted by atomic mass is 9.87. The Morgan fingerprint density at radius 2 is 1.18 bits per heavy atom. The number of likely N-dealkylation sites (tertiary alicyclic amines) is 2. The highest BCUT2D eigenvalue weighted by Gasteiger charge is 2.42. The standard InChI is InChI=1S/C49H66N8O8/c1-30(65-33(4)42(54-43(58)31(2)50-5)48(62)56-27-13-25-40(56)45(60)52-38-23-11-19-34-17-7-9-21-36(34)38)16-15-29-64-47(55-44(59)32(3)51-6)49(63)57-28-14-26-41(57)46(61)53-39-24-12-20-35-18-8-10-22-37(35)39/h7-10,17-18,21-22,31-33,38-42,47,50-51H,1,11-14,19-20,23-29H2,2-6H3,(H,52,60)(H,53,61)(H,54,58)(H,55,59)/t31-,32-,33-,38-,39-,40-,41-,42?,47+/m1/s1. The molecule has 2 saturated heterocycles. The number of hydrogen-bond donors (Lipinski definition) is 6. The number of fused-ring (bicyclic) bond motifs is 2. The van der Waals surface area contributed by atoms with Gasteiger partial charge in [0.2, 0.25) is 35.8 Å². The zero-order chi connectivity index (χ0) is 46.6. The minimum atomic E-state index is -1.45. The van der Waals surface area contributed by atoms with Crippen molar-refractivity contribution in [2.24, 2.45) is 0 Å². The molecule has 6 rings (SSSR count). The van der Waals surface area contributed by atoms with Crippen molar-refractivity contribution in [1.29, 1.82) is 0 Å². The van der Waals surface area contributed by atoms with E-state index in [9.17, 15) is 28.8 Å². The first-order valence-corrected chi connectivity index (χ1v) is 23.1. The van der Waals surface area contributed by atoms with Gasteiger partial charge in [-0.2, -0.15) is 0 Å². The zero-order valence-corrected chi connectivity index (χ0v) is 38.4. The van der Waals surface area contributed by atoms with Crippen molar-refractivity contribution in [3.63, 3.8) is 0 Å². The summed E-state index contributed by atoms with van der Waals surface area (Å²) in [4.78, 5) is 85.2. The van der Waals surface area contributed by atoms with E-state index in [0.717, 1.165) is 49.7 Å². The zero-order valence-electron chi connectivity index (χ0n) is 38.4. The third kappa shape index (κ3) is 12.1. The third-order valence-corrected chi connectivity index (χ3v) is 13.1. The lowest BCUT2D eigenvalue weighted by molar-refractivity contribution is -0.152. The molecule has 2 aromatic carbocycles. The summed E-state index contributed by atoms with van der Waals surface area (Å²) in [5.41, 5.74) is 4.60. The first kappa shape index (κ1) is 48.7. The van der Waals surface area contributed by atoms with E-state index >= 15 is 0 Å². The molecule has 0 bridgehead atoms. The van der Waals surface area contributed by atoms with Crippen LogP contribution in [-0.2, 0) is 51.1 Å². The predicted molar refractivity (Wildman–Crippen MR) is 244 cm³/mol. The highest BCUT2D eigenvalue weighted by atomic mass is 16.5. The first-order valence-electron chi connectivity index (χ1n) is 23.1. The highest BCUT2D eigenvalue weighted by Crippen LogP contribution is 2.32. The normalized spacial score (nSPS) is 22.3. The number of ether oxygens (including phenoxy) is 2. The summed E-state index contributed by atoms with van der Waals surface area (Å²) in [5.74, 6) is 3.04. The number of carbonyl (C=O) groups is 6. The fourth-order valence-corrected chi connectivity index (χ4v) is 9.21. The Balaban J connectivity index is 1.09. The average Bonchev–Trinajstić information content (AvgIpc) is 4.02. The van der Waals surface area contributed by atoms with Crippen LogP contribution in [-0.4, -0.2) is 122 Å². The number of amides is 6. The van der Waals surface area contributed by atoms with Gasteiger partial charge in [-0.05, 0) is 134 Å². The fraction of sp³-hybridized carbons (Fsp3) is 0.551. The van der Waals surface area contributed by atoms with Gasteiger partial charge >= 0.3 is 0 Å². The van der Waals surface area contributed by atoms with Crippen molar-refractivity contribution in [3.8, 4) is 11.8 Å². The van der Waals surface area contributed by atoms with Gasteiger partial charge in [0.05, 0.1) is 24.2 Å². The molecule has 16 heteroatoms. The summed E-state index contributed by atoms with van der Waals surface area (Å²) in [7, 11) is 3.25. The Hall–Kier alpha value is -5.76. The molecule has 0 spiro atoms. The lowest BCUT2D eigenvalue weighted by Gasteiger charge is -2.33. The Bertz CT molecular complexity index is 2140. The quantitative estimate of drug-likeness (QED) is 0.0780. The van der Waals surface area contributed by atoms with Gasteiger partial charge in [-0.25, -0.2) is 0 Å². The van der Waals surface area contributed by atoms with Crippen LogP contribution in [0.2, 0.25) is 0 Å². The Morgan fingerprint density at radius 3 is 1.71 bits per heavy atom. The van der Waals surface area contributed by atoms with Crippen molar-refractivity contribution < 1.29 is 38.2 Å². The van der Waals surface area contributed by atoms with Crippen LogP contribution in [0.3, 0.4) is 0 Å². The molecular weight excluding hydrogens is 829 g/mol. The van der Waals surface area contributed by atoms with Gasteiger partial charge in [-0.15, -0.1) is 0 Å². The molecule has 16 nitrogen and oxygen atoms in total. The molecule has 2 aromatic rings. The van der Waals surface area contributed by atoms with Crippen LogP contribution in [0.15, 0.2) is 60.9 Å². The van der Waals surface area contributed by atoms with E-state index in [2.05, 4.69) is 62.5 Å². The van der Waals surface area contributed by atoms with Crippen LogP contribution in [0.4, 0.5) is 0 Å². The van der Waals surface area contributed by atoms with Crippen LogP contribution >= 0.6 is 0 Å². The number of allylic oxidation sites excluding steroid dienone is 1. The molecule has 6 amide bonds. The van der Waals surface area contributed by atoms with E-state index in [1.807, 2.05) is 36.4 Å². The van der Waals surface area contributed by atoms with Crippen LogP contribution in [0.25, 0.3) is 0 Å². The smallest absolute Gasteiger partial charge is 0.273 e. The average molecular weight is 895 g/mol. The number of benzene rings is 2. The van der Waals surface area contributed by atoms with Gasteiger partial charge in [0.15, 0.2) is 5.76 Å². The molecule has 2 aliphatic heterocycles. The number of aryl methyl sites for hydroxylation is 2. The number of hydrogen-bond acceptors (Lipinski definition) is 10. The van der Waals surface area contributed by atoms with Crippen LogP contribution < -0.4 is 31.9 Å². The summed E-state index contributed by atoms with van der Waals surface area (Å²) in [6.45, 7) is 9.14. The number of nitrogens with one attached hydrogen (secondary N) is 6. The molecule has 0 radical (unpaired) electrons. The van der Waals surface area contributed by atoms with Gasteiger partial charge in [-0.1, -0.05) is 54.5 Å². The van der Waals surface area contributed by atoms with E-state index in [1.165, 1.54) is 20.9 Å². The predicted octanol–water partition coefficient (Wildman–Crippen LogP) is 2.44. The Labute approximate surface area is 382 Å². The molecule has 0 saturated carbocycles. The van der Waals surface area contributed by atoms with Crippen molar-refractivity contribution in [2.45, 2.75) is 140 Å². The van der Waals surface area contributed by atoms with Crippen LogP contribution in [0.1, 0.15) is 106 Å². The van der Waals surface area contributed by atoms with Crippen molar-refractivity contribution in [2.75, 3.05) is 33.8 Å². The topological polar surface area (TPSA) is 200 Å². The molecule has 350 valence electrons. The summed E-state index contributed by atoms with van der Waals surface area (Å²) in [6, 6.07) is 11.9. The summed E-state index contributed by atoms with van der Waals surface area (Å²) < 4.78 is 11.9. The molecule has 4 aliphatic rings. The van der Waals surface area contributed by atoms with E-state index in [4.69, 9.17) is 9.47 Å². The second kappa shape index (κ2) is 22.9. The van der Waals surface area contributed by atoms with E-state index in [0.29, 0.717) is 38.8 Å². The largest absolute Gasteiger partial charge is 0.480 e. The third-order valence-electron chi connectivity index (χ3n) is 13.1. The SMILES string of the molecule is C=C(C#CCO[C@H](NC(=O)[C@@H](C)NC)C(=O)N1CCC[C@@H]1C(=O)N[C@@H]1CCCc2ccccc21)O[C@H](C)C(NC(=O)[C@@H](C)NC)C(=O)N1CCC[C@@H]1C(=O)N[C@@H]1CCCc2ccccc21. The van der Waals surface area contributed by atoms with Gasteiger partial charge < -0.3 is 51.2 Å². The second-order valence-corrected chi connectivity index (χ2v) is 17.4. The molecule has 2 fully saturated rings. The monoisotopic (exact) mass is 895 g/mol. The summed E-state index contributed by atoms with van der Waals surface area (Å²) in [6.07, 6.45) is 5.15. The second-order valence-electron chi connectivity index (χ2n) is 17.4.